The molecule has 0 aromatic rings. The van der Waals surface area contributed by atoms with Crippen LogP contribution in [0.1, 0.15) is 27.7 Å². The van der Waals surface area contributed by atoms with Crippen LogP contribution >= 0.6 is 0 Å². The van der Waals surface area contributed by atoms with E-state index in [4.69, 9.17) is 5.26 Å². The van der Waals surface area contributed by atoms with Crippen LogP contribution in [0.3, 0.4) is 0 Å². The lowest BCUT2D eigenvalue weighted by Gasteiger charge is -2.07. The zero-order valence-corrected chi connectivity index (χ0v) is 7.05. The van der Waals surface area contributed by atoms with Gasteiger partial charge in [0.25, 0.3) is 0 Å². The number of hydrogen-bond donors (Lipinski definition) is 0. The molecule has 2 heteroatoms. The molecular formula is C8H14N2. The fraction of sp³-hybridized carbons (Fsp3) is 0.750. The van der Waals surface area contributed by atoms with Crippen molar-refractivity contribution in [1.29, 1.82) is 5.26 Å². The van der Waals surface area contributed by atoms with Gasteiger partial charge in [-0.3, -0.25) is 4.99 Å². The van der Waals surface area contributed by atoms with Gasteiger partial charge in [0.2, 0.25) is 0 Å². The Morgan fingerprint density at radius 3 is 2.30 bits per heavy atom. The van der Waals surface area contributed by atoms with Crippen molar-refractivity contribution in [3.63, 3.8) is 0 Å². The molecule has 0 saturated heterocycles. The highest BCUT2D eigenvalue weighted by molar-refractivity contribution is 5.60. The van der Waals surface area contributed by atoms with E-state index in [1.54, 1.807) is 13.8 Å². The zero-order valence-electron chi connectivity index (χ0n) is 7.05. The minimum Gasteiger partial charge on any atom is -0.276 e. The van der Waals surface area contributed by atoms with Crippen LogP contribution in [0.2, 0.25) is 0 Å². The molecule has 0 bridgehead atoms. The quantitative estimate of drug-likeness (QED) is 0.538. The van der Waals surface area contributed by atoms with Gasteiger partial charge in [-0.05, 0) is 19.8 Å². The van der Waals surface area contributed by atoms with Crippen molar-refractivity contribution in [3.8, 4) is 6.07 Å². The molecule has 0 heterocycles. The minimum atomic E-state index is -0.551. The van der Waals surface area contributed by atoms with E-state index in [2.05, 4.69) is 11.1 Å². The topological polar surface area (TPSA) is 36.1 Å². The van der Waals surface area contributed by atoms with Gasteiger partial charge in [0, 0.05) is 6.21 Å². The molecule has 0 aromatic carbocycles. The molecule has 0 radical (unpaired) electrons. The first-order chi connectivity index (χ1) is 4.48. The maximum atomic E-state index is 8.54. The molecule has 0 aliphatic carbocycles. The van der Waals surface area contributed by atoms with Crippen LogP contribution in [0, 0.1) is 17.2 Å². The monoisotopic (exact) mass is 138 g/mol. The predicted molar refractivity (Wildman–Crippen MR) is 43.0 cm³/mol. The largest absolute Gasteiger partial charge is 0.276 e. The number of nitriles is 1. The third kappa shape index (κ3) is 4.08. The average molecular weight is 138 g/mol. The van der Waals surface area contributed by atoms with Gasteiger partial charge in [0.15, 0.2) is 0 Å². The maximum Gasteiger partial charge on any atom is 0.140 e. The normalized spacial score (nSPS) is 12.4. The fourth-order valence-corrected chi connectivity index (χ4v) is 0.364. The van der Waals surface area contributed by atoms with Gasteiger partial charge in [-0.25, -0.2) is 0 Å². The molecule has 0 amide bonds. The predicted octanol–water partition coefficient (Wildman–Crippen LogP) is 2.02. The Bertz CT molecular complexity index is 161. The van der Waals surface area contributed by atoms with Crippen LogP contribution in [0.5, 0.6) is 0 Å². The van der Waals surface area contributed by atoms with Gasteiger partial charge in [0.1, 0.15) is 5.54 Å². The molecule has 0 aliphatic rings. The highest BCUT2D eigenvalue weighted by Gasteiger charge is 2.11. The van der Waals surface area contributed by atoms with Gasteiger partial charge >= 0.3 is 0 Å². The van der Waals surface area contributed by atoms with Gasteiger partial charge in [-0.15, -0.1) is 0 Å². The highest BCUT2D eigenvalue weighted by atomic mass is 14.8. The molecule has 56 valence electrons. The summed E-state index contributed by atoms with van der Waals surface area (Å²) in [6, 6.07) is 2.10. The fourth-order valence-electron chi connectivity index (χ4n) is 0.364. The van der Waals surface area contributed by atoms with Crippen molar-refractivity contribution in [2.24, 2.45) is 10.9 Å². The lowest BCUT2D eigenvalue weighted by atomic mass is 10.1. The molecular weight excluding hydrogens is 124 g/mol. The molecule has 0 N–H and O–H groups in total. The van der Waals surface area contributed by atoms with Gasteiger partial charge in [-0.1, -0.05) is 13.8 Å². The summed E-state index contributed by atoms with van der Waals surface area (Å²) in [4.78, 5) is 4.09. The molecule has 0 fully saturated rings. The third-order valence-electron chi connectivity index (χ3n) is 0.969. The smallest absolute Gasteiger partial charge is 0.140 e. The molecule has 0 atom stereocenters. The molecule has 0 aromatic heterocycles. The number of aliphatic imine (C=N–C) groups is 1. The zero-order chi connectivity index (χ0) is 8.20. The molecule has 10 heavy (non-hydrogen) atoms. The van der Waals surface area contributed by atoms with Crippen LogP contribution in [0.15, 0.2) is 4.99 Å². The first-order valence-corrected chi connectivity index (χ1v) is 3.44. The number of nitrogens with zero attached hydrogens (tertiary/aromatic N) is 2. The summed E-state index contributed by atoms with van der Waals surface area (Å²) in [5.41, 5.74) is -0.551. The molecule has 0 unspecified atom stereocenters. The summed E-state index contributed by atoms with van der Waals surface area (Å²) in [5, 5.41) is 8.54. The SMILES string of the molecule is CC(C)C=NC(C)(C)C#N. The summed E-state index contributed by atoms with van der Waals surface area (Å²) in [7, 11) is 0. The van der Waals surface area contributed by atoms with Gasteiger partial charge in [-0.2, -0.15) is 5.26 Å². The van der Waals surface area contributed by atoms with E-state index < -0.39 is 5.54 Å². The first-order valence-electron chi connectivity index (χ1n) is 3.44. The second kappa shape index (κ2) is 3.36. The highest BCUT2D eigenvalue weighted by Crippen LogP contribution is 2.05. The van der Waals surface area contributed by atoms with E-state index >= 15 is 0 Å². The van der Waals surface area contributed by atoms with Crippen LogP contribution in [0.4, 0.5) is 0 Å². The average Bonchev–Trinajstić information content (AvgIpc) is 1.85. The number of hydrogen-bond acceptors (Lipinski definition) is 2. The molecule has 0 aliphatic heterocycles. The Kier molecular flexibility index (Phi) is 3.08. The summed E-state index contributed by atoms with van der Waals surface area (Å²) >= 11 is 0. The molecule has 0 saturated carbocycles. The van der Waals surface area contributed by atoms with E-state index in [1.165, 1.54) is 0 Å². The van der Waals surface area contributed by atoms with Crippen molar-refractivity contribution in [2.45, 2.75) is 33.2 Å². The van der Waals surface area contributed by atoms with Gasteiger partial charge in [0.05, 0.1) is 6.07 Å². The van der Waals surface area contributed by atoms with Crippen LogP contribution < -0.4 is 0 Å². The van der Waals surface area contributed by atoms with E-state index in [-0.39, 0.29) is 0 Å². The Morgan fingerprint density at radius 2 is 2.00 bits per heavy atom. The van der Waals surface area contributed by atoms with Crippen molar-refractivity contribution in [2.75, 3.05) is 0 Å². The first kappa shape index (κ1) is 9.16. The molecule has 0 spiro atoms. The summed E-state index contributed by atoms with van der Waals surface area (Å²) in [5.74, 6) is 0.424. The van der Waals surface area contributed by atoms with Crippen LogP contribution in [-0.4, -0.2) is 11.8 Å². The van der Waals surface area contributed by atoms with E-state index in [1.807, 2.05) is 20.1 Å². The van der Waals surface area contributed by atoms with E-state index in [0.29, 0.717) is 5.92 Å². The van der Waals surface area contributed by atoms with E-state index in [0.717, 1.165) is 0 Å². The Hall–Kier alpha value is -0.840. The van der Waals surface area contributed by atoms with Crippen molar-refractivity contribution >= 4 is 6.21 Å². The van der Waals surface area contributed by atoms with Crippen LogP contribution in [0.25, 0.3) is 0 Å². The maximum absolute atomic E-state index is 8.54. The van der Waals surface area contributed by atoms with Crippen molar-refractivity contribution in [3.05, 3.63) is 0 Å². The van der Waals surface area contributed by atoms with Crippen LogP contribution in [-0.2, 0) is 0 Å². The van der Waals surface area contributed by atoms with Crippen molar-refractivity contribution in [1.82, 2.24) is 0 Å². The second-order valence-electron chi connectivity index (χ2n) is 3.19. The Balaban J connectivity index is 4.03. The molecule has 0 rings (SSSR count). The Morgan fingerprint density at radius 1 is 1.50 bits per heavy atom. The summed E-state index contributed by atoms with van der Waals surface area (Å²) < 4.78 is 0. The number of rotatable bonds is 2. The van der Waals surface area contributed by atoms with Gasteiger partial charge < -0.3 is 0 Å². The third-order valence-corrected chi connectivity index (χ3v) is 0.969. The summed E-state index contributed by atoms with van der Waals surface area (Å²) in [6.07, 6.45) is 1.81. The van der Waals surface area contributed by atoms with Crippen molar-refractivity contribution < 1.29 is 0 Å². The lowest BCUT2D eigenvalue weighted by Crippen LogP contribution is -2.13. The lowest BCUT2D eigenvalue weighted by molar-refractivity contribution is 0.668. The second-order valence-corrected chi connectivity index (χ2v) is 3.19. The summed E-state index contributed by atoms with van der Waals surface area (Å²) in [6.45, 7) is 7.67. The Labute approximate surface area is 62.6 Å². The van der Waals surface area contributed by atoms with E-state index in [9.17, 15) is 0 Å². The standard InChI is InChI=1S/C8H14N2/c1-7(2)5-10-8(3,4)6-9/h5,7H,1-4H3. The molecule has 2 nitrogen and oxygen atoms in total. The minimum absolute atomic E-state index is 0.424.